The number of methoxy groups -OCH3 is 1. The number of nitrogens with zero attached hydrogens (tertiary/aromatic N) is 3. The molecule has 34 heavy (non-hydrogen) atoms. The van der Waals surface area contributed by atoms with Crippen molar-refractivity contribution in [2.24, 2.45) is 7.05 Å². The van der Waals surface area contributed by atoms with Crippen molar-refractivity contribution in [2.75, 3.05) is 7.11 Å². The lowest BCUT2D eigenvalue weighted by Crippen LogP contribution is -2.17. The number of hydrogen-bond donors (Lipinski definition) is 0. The van der Waals surface area contributed by atoms with E-state index in [2.05, 4.69) is 18.3 Å². The molecular weight excluding hydrogens is 450 g/mol. The summed E-state index contributed by atoms with van der Waals surface area (Å²) in [7, 11) is 3.65. The van der Waals surface area contributed by atoms with Gasteiger partial charge in [0.05, 0.1) is 24.1 Å². The summed E-state index contributed by atoms with van der Waals surface area (Å²) >= 11 is 1.59. The summed E-state index contributed by atoms with van der Waals surface area (Å²) in [5.74, 6) is 1.06. The van der Waals surface area contributed by atoms with Gasteiger partial charge in [0.25, 0.3) is 0 Å². The number of rotatable bonds is 5. The van der Waals surface area contributed by atoms with E-state index in [-0.39, 0.29) is 18.7 Å². The molecule has 6 rings (SSSR count). The van der Waals surface area contributed by atoms with Crippen LogP contribution >= 0.6 is 11.3 Å². The monoisotopic (exact) mass is 475 g/mol. The van der Waals surface area contributed by atoms with Crippen LogP contribution in [0.1, 0.15) is 41.7 Å². The number of esters is 1. The van der Waals surface area contributed by atoms with Gasteiger partial charge in [-0.1, -0.05) is 0 Å². The van der Waals surface area contributed by atoms with Gasteiger partial charge in [0.1, 0.15) is 24.2 Å². The molecule has 8 heteroatoms. The van der Waals surface area contributed by atoms with Crippen LogP contribution in [0.4, 0.5) is 0 Å². The molecular formula is C26H25N3O4S. The highest BCUT2D eigenvalue weighted by Gasteiger charge is 2.33. The summed E-state index contributed by atoms with van der Waals surface area (Å²) in [6.45, 7) is 0.245. The van der Waals surface area contributed by atoms with Gasteiger partial charge in [0.15, 0.2) is 5.69 Å². The Kier molecular flexibility index (Phi) is 5.17. The largest absolute Gasteiger partial charge is 0.496 e. The van der Waals surface area contributed by atoms with Gasteiger partial charge < -0.3 is 18.8 Å². The number of carbonyl (C=O) groups excluding carboxylic acids is 1. The first-order valence-electron chi connectivity index (χ1n) is 11.5. The van der Waals surface area contributed by atoms with Crippen molar-refractivity contribution in [3.05, 3.63) is 58.7 Å². The van der Waals surface area contributed by atoms with Crippen LogP contribution in [0.5, 0.6) is 11.5 Å². The molecule has 2 aliphatic rings. The zero-order chi connectivity index (χ0) is 23.2. The van der Waals surface area contributed by atoms with E-state index in [0.29, 0.717) is 11.4 Å². The molecule has 1 fully saturated rings. The summed E-state index contributed by atoms with van der Waals surface area (Å²) in [5, 5.41) is 8.79. The zero-order valence-electron chi connectivity index (χ0n) is 19.1. The molecule has 0 radical (unpaired) electrons. The summed E-state index contributed by atoms with van der Waals surface area (Å²) < 4.78 is 21.5. The number of benzene rings is 1. The van der Waals surface area contributed by atoms with Crippen LogP contribution in [-0.2, 0) is 18.4 Å². The van der Waals surface area contributed by atoms with Gasteiger partial charge in [-0.05, 0) is 49.3 Å². The zero-order valence-corrected chi connectivity index (χ0v) is 19.9. The predicted molar refractivity (Wildman–Crippen MR) is 130 cm³/mol. The Balaban J connectivity index is 1.52. The molecule has 0 bridgehead atoms. The molecule has 0 saturated heterocycles. The third-order valence-electron chi connectivity index (χ3n) is 6.58. The normalized spacial score (nSPS) is 15.0. The number of hydrogen-bond acceptors (Lipinski definition) is 6. The van der Waals surface area contributed by atoms with Crippen LogP contribution in [0.2, 0.25) is 0 Å². The first-order chi connectivity index (χ1) is 16.6. The summed E-state index contributed by atoms with van der Waals surface area (Å²) in [6.07, 6.45) is 8.05. The van der Waals surface area contributed by atoms with Crippen molar-refractivity contribution in [3.63, 3.8) is 0 Å². The average molecular weight is 476 g/mol. The fourth-order valence-electron chi connectivity index (χ4n) is 4.88. The lowest BCUT2D eigenvalue weighted by molar-refractivity contribution is 0.0307. The van der Waals surface area contributed by atoms with Gasteiger partial charge >= 0.3 is 5.97 Å². The fourth-order valence-corrected chi connectivity index (χ4v) is 5.49. The maximum atomic E-state index is 13.2. The van der Waals surface area contributed by atoms with E-state index in [0.717, 1.165) is 65.1 Å². The second-order valence-corrected chi connectivity index (χ2v) is 9.56. The third-order valence-corrected chi connectivity index (χ3v) is 7.25. The molecule has 0 unspecified atom stereocenters. The van der Waals surface area contributed by atoms with E-state index >= 15 is 0 Å². The minimum atomic E-state index is -0.374. The maximum Gasteiger partial charge on any atom is 0.359 e. The maximum absolute atomic E-state index is 13.2. The Morgan fingerprint density at radius 1 is 1.21 bits per heavy atom. The van der Waals surface area contributed by atoms with E-state index in [1.807, 2.05) is 45.4 Å². The molecule has 4 heterocycles. The molecule has 7 nitrogen and oxygen atoms in total. The Morgan fingerprint density at radius 2 is 2.06 bits per heavy atom. The van der Waals surface area contributed by atoms with Gasteiger partial charge in [-0.3, -0.25) is 0 Å². The number of fused-ring (bicyclic) bond motifs is 3. The molecule has 4 aromatic rings. The van der Waals surface area contributed by atoms with Crippen molar-refractivity contribution in [3.8, 4) is 39.6 Å². The Labute approximate surface area is 201 Å². The Morgan fingerprint density at radius 3 is 2.76 bits per heavy atom. The van der Waals surface area contributed by atoms with Crippen LogP contribution in [0.3, 0.4) is 0 Å². The first-order valence-corrected chi connectivity index (χ1v) is 12.4. The third kappa shape index (κ3) is 3.49. The van der Waals surface area contributed by atoms with Crippen molar-refractivity contribution in [1.82, 2.24) is 14.3 Å². The number of ether oxygens (including phenoxy) is 3. The van der Waals surface area contributed by atoms with Gasteiger partial charge in [0.2, 0.25) is 0 Å². The molecule has 1 aliphatic carbocycles. The molecule has 1 saturated carbocycles. The fraction of sp³-hybridized carbons (Fsp3) is 0.308. The molecule has 3 aromatic heterocycles. The summed E-state index contributed by atoms with van der Waals surface area (Å²) in [5.41, 5.74) is 5.72. The topological polar surface area (TPSA) is 67.5 Å². The molecule has 1 aliphatic heterocycles. The van der Waals surface area contributed by atoms with Crippen LogP contribution in [0.25, 0.3) is 28.1 Å². The predicted octanol–water partition coefficient (Wildman–Crippen LogP) is 5.61. The summed E-state index contributed by atoms with van der Waals surface area (Å²) in [6, 6.07) is 8.04. The Hall–Kier alpha value is -3.52. The number of carbonyl (C=O) groups is 1. The van der Waals surface area contributed by atoms with Crippen LogP contribution < -0.4 is 9.47 Å². The molecule has 174 valence electrons. The van der Waals surface area contributed by atoms with Gasteiger partial charge in [-0.15, -0.1) is 0 Å². The van der Waals surface area contributed by atoms with E-state index < -0.39 is 0 Å². The second-order valence-electron chi connectivity index (χ2n) is 8.78. The smallest absolute Gasteiger partial charge is 0.359 e. The van der Waals surface area contributed by atoms with Crippen molar-refractivity contribution < 1.29 is 19.0 Å². The second kappa shape index (κ2) is 8.36. The molecule has 1 aromatic carbocycles. The van der Waals surface area contributed by atoms with Crippen molar-refractivity contribution >= 4 is 17.3 Å². The molecule has 0 spiro atoms. The number of aromatic nitrogens is 3. The van der Waals surface area contributed by atoms with E-state index in [9.17, 15) is 4.79 Å². The average Bonchev–Trinajstić information content (AvgIpc) is 3.64. The molecule has 0 atom stereocenters. The minimum absolute atomic E-state index is 0.0276. The van der Waals surface area contributed by atoms with Gasteiger partial charge in [-0.25, -0.2) is 9.48 Å². The van der Waals surface area contributed by atoms with Crippen molar-refractivity contribution in [1.29, 1.82) is 0 Å². The lowest BCUT2D eigenvalue weighted by Gasteiger charge is -2.22. The number of thiophene rings is 1. The quantitative estimate of drug-likeness (QED) is 0.351. The standard InChI is InChI=1S/C26H25N3O4S/c1-28-9-7-16(13-28)19-11-20-23(12-22(19)31-2)32-14-21-24(26(30)33-18-5-3-4-6-18)27-29(25(20)21)17-8-10-34-15-17/h7-13,15,18H,3-6,14H2,1-2H3. The molecule has 0 N–H and O–H groups in total. The van der Waals surface area contributed by atoms with Crippen LogP contribution in [0, 0.1) is 0 Å². The highest BCUT2D eigenvalue weighted by molar-refractivity contribution is 7.08. The number of aryl methyl sites for hydroxylation is 1. The Bertz CT molecular complexity index is 1360. The van der Waals surface area contributed by atoms with Crippen molar-refractivity contribution in [2.45, 2.75) is 38.4 Å². The van der Waals surface area contributed by atoms with Crippen LogP contribution in [-0.4, -0.2) is 33.5 Å². The summed E-state index contributed by atoms with van der Waals surface area (Å²) in [4.78, 5) is 13.2. The van der Waals surface area contributed by atoms with Gasteiger partial charge in [0, 0.05) is 47.6 Å². The lowest BCUT2D eigenvalue weighted by atomic mass is 9.97. The highest BCUT2D eigenvalue weighted by atomic mass is 32.1. The van der Waals surface area contributed by atoms with Crippen LogP contribution in [0.15, 0.2) is 47.4 Å². The van der Waals surface area contributed by atoms with E-state index in [1.165, 1.54) is 0 Å². The minimum Gasteiger partial charge on any atom is -0.496 e. The van der Waals surface area contributed by atoms with Gasteiger partial charge in [-0.2, -0.15) is 16.4 Å². The SMILES string of the molecule is COc1cc2c(cc1-c1ccn(C)c1)-c1c(c(C(=O)OC3CCCC3)nn1-c1ccsc1)CO2. The molecule has 0 amide bonds. The highest BCUT2D eigenvalue weighted by Crippen LogP contribution is 2.46. The van der Waals surface area contributed by atoms with E-state index in [1.54, 1.807) is 18.4 Å². The van der Waals surface area contributed by atoms with E-state index in [4.69, 9.17) is 19.3 Å². The first kappa shape index (κ1) is 21.0.